The number of hydrogen-bond donors (Lipinski definition) is 2. The lowest BCUT2D eigenvalue weighted by Crippen LogP contribution is -2.49. The van der Waals surface area contributed by atoms with Gasteiger partial charge in [0.05, 0.1) is 17.3 Å². The third kappa shape index (κ3) is 4.26. The number of nitrogens with one attached hydrogen (secondary N) is 2. The van der Waals surface area contributed by atoms with Gasteiger partial charge in [-0.25, -0.2) is 9.59 Å². The minimum absolute atomic E-state index is 0.0510. The van der Waals surface area contributed by atoms with Crippen LogP contribution >= 0.6 is 23.4 Å². The first kappa shape index (κ1) is 21.3. The second-order valence-corrected chi connectivity index (χ2v) is 8.48. The summed E-state index contributed by atoms with van der Waals surface area (Å²) < 4.78 is 5.20. The summed E-state index contributed by atoms with van der Waals surface area (Å²) in [6.45, 7) is 1.55. The summed E-state index contributed by atoms with van der Waals surface area (Å²) in [7, 11) is 0. The van der Waals surface area contributed by atoms with Gasteiger partial charge in [0.2, 0.25) is 5.91 Å². The highest BCUT2D eigenvalue weighted by Crippen LogP contribution is 2.35. The van der Waals surface area contributed by atoms with Gasteiger partial charge in [-0.1, -0.05) is 29.8 Å². The summed E-state index contributed by atoms with van der Waals surface area (Å²) in [4.78, 5) is 40.2. The van der Waals surface area contributed by atoms with Gasteiger partial charge >= 0.3 is 12.0 Å². The van der Waals surface area contributed by atoms with Crippen LogP contribution in [0.15, 0.2) is 58.6 Å². The molecule has 31 heavy (non-hydrogen) atoms. The van der Waals surface area contributed by atoms with Crippen LogP contribution < -0.4 is 10.6 Å². The Balaban J connectivity index is 1.57. The van der Waals surface area contributed by atoms with Crippen molar-refractivity contribution in [1.82, 2.24) is 10.2 Å². The molecule has 0 aliphatic carbocycles. The van der Waals surface area contributed by atoms with Gasteiger partial charge in [0.1, 0.15) is 13.2 Å². The fourth-order valence-corrected chi connectivity index (χ4v) is 4.13. The van der Waals surface area contributed by atoms with Crippen molar-refractivity contribution in [3.63, 3.8) is 0 Å². The molecule has 0 radical (unpaired) electrons. The fourth-order valence-electron chi connectivity index (χ4n) is 3.54. The average molecular weight is 458 g/mol. The van der Waals surface area contributed by atoms with E-state index >= 15 is 0 Å². The molecule has 2 aromatic carbocycles. The number of benzene rings is 2. The van der Waals surface area contributed by atoms with Crippen LogP contribution in [0, 0.1) is 6.92 Å². The standard InChI is InChI=1S/C22H20ClN3O4S/c1-12-3-6-14(9-16(12)23)24-18(27)10-26-17-11-30-21(28)19(17)20(25-22(26)29)13-4-7-15(31-2)8-5-13/h3-9,20H,10-11H2,1-2H3,(H,24,27)(H,25,29)/t20-/m0/s1. The molecule has 2 N–H and O–H groups in total. The summed E-state index contributed by atoms with van der Waals surface area (Å²) in [6.07, 6.45) is 1.97. The van der Waals surface area contributed by atoms with E-state index in [2.05, 4.69) is 10.6 Å². The Bertz CT molecular complexity index is 1100. The van der Waals surface area contributed by atoms with Gasteiger partial charge in [-0.15, -0.1) is 11.8 Å². The van der Waals surface area contributed by atoms with E-state index in [1.165, 1.54) is 4.90 Å². The molecule has 2 aliphatic rings. The molecule has 0 saturated carbocycles. The molecule has 0 bridgehead atoms. The number of thioether (sulfide) groups is 1. The maximum atomic E-state index is 12.8. The highest BCUT2D eigenvalue weighted by molar-refractivity contribution is 7.98. The largest absolute Gasteiger partial charge is 0.456 e. The van der Waals surface area contributed by atoms with E-state index in [4.69, 9.17) is 16.3 Å². The van der Waals surface area contributed by atoms with Crippen LogP contribution in [0.3, 0.4) is 0 Å². The lowest BCUT2D eigenvalue weighted by atomic mass is 9.96. The predicted octanol–water partition coefficient (Wildman–Crippen LogP) is 3.89. The van der Waals surface area contributed by atoms with Crippen LogP contribution in [-0.4, -0.2) is 42.2 Å². The van der Waals surface area contributed by atoms with Crippen LogP contribution in [0.1, 0.15) is 17.2 Å². The number of ether oxygens (including phenoxy) is 1. The quantitative estimate of drug-likeness (QED) is 0.525. The molecule has 2 aliphatic heterocycles. The molecule has 7 nitrogen and oxygen atoms in total. The summed E-state index contributed by atoms with van der Waals surface area (Å²) >= 11 is 7.71. The molecule has 0 spiro atoms. The Hall–Kier alpha value is -2.97. The van der Waals surface area contributed by atoms with E-state index in [1.807, 2.05) is 37.4 Å². The Labute approximate surface area is 188 Å². The lowest BCUT2D eigenvalue weighted by molar-refractivity contribution is -0.136. The number of hydrogen-bond acceptors (Lipinski definition) is 5. The zero-order valence-corrected chi connectivity index (χ0v) is 18.5. The first-order valence-electron chi connectivity index (χ1n) is 9.55. The maximum absolute atomic E-state index is 12.8. The number of anilines is 1. The number of carbonyl (C=O) groups excluding carboxylic acids is 3. The summed E-state index contributed by atoms with van der Waals surface area (Å²) in [5.41, 5.74) is 2.95. The molecule has 0 fully saturated rings. The van der Waals surface area contributed by atoms with Crippen LogP contribution in [0.25, 0.3) is 0 Å². The first-order chi connectivity index (χ1) is 14.9. The Kier molecular flexibility index (Phi) is 5.93. The molecule has 0 saturated heterocycles. The summed E-state index contributed by atoms with van der Waals surface area (Å²) in [5, 5.41) is 6.09. The van der Waals surface area contributed by atoms with Gasteiger partial charge in [0.25, 0.3) is 0 Å². The number of amides is 3. The lowest BCUT2D eigenvalue weighted by Gasteiger charge is -2.32. The number of cyclic esters (lactones) is 1. The Morgan fingerprint density at radius 3 is 2.68 bits per heavy atom. The number of halogens is 1. The van der Waals surface area contributed by atoms with Crippen molar-refractivity contribution in [1.29, 1.82) is 0 Å². The number of nitrogens with zero attached hydrogens (tertiary/aromatic N) is 1. The average Bonchev–Trinajstić information content (AvgIpc) is 3.14. The summed E-state index contributed by atoms with van der Waals surface area (Å²) in [6, 6.07) is 11.7. The third-order valence-electron chi connectivity index (χ3n) is 5.20. The van der Waals surface area contributed by atoms with Gasteiger partial charge in [-0.3, -0.25) is 9.69 Å². The smallest absolute Gasteiger partial charge is 0.338 e. The normalized spacial score (nSPS) is 17.9. The van der Waals surface area contributed by atoms with E-state index in [0.29, 0.717) is 22.0 Å². The SMILES string of the molecule is CSc1ccc([C@@H]2NC(=O)N(CC(=O)Nc3ccc(C)c(Cl)c3)C3=C2C(=O)OC3)cc1. The monoisotopic (exact) mass is 457 g/mol. The molecule has 0 aromatic heterocycles. The summed E-state index contributed by atoms with van der Waals surface area (Å²) in [5.74, 6) is -0.909. The third-order valence-corrected chi connectivity index (χ3v) is 6.36. The molecule has 4 rings (SSSR count). The molecule has 1 atom stereocenters. The highest BCUT2D eigenvalue weighted by Gasteiger charge is 2.42. The molecule has 2 heterocycles. The number of aryl methyl sites for hydroxylation is 1. The van der Waals surface area contributed by atoms with Crippen molar-refractivity contribution in [2.45, 2.75) is 17.9 Å². The second kappa shape index (κ2) is 8.64. The predicted molar refractivity (Wildman–Crippen MR) is 119 cm³/mol. The number of esters is 1. The molecule has 2 aromatic rings. The van der Waals surface area contributed by atoms with Gasteiger partial charge in [-0.05, 0) is 48.6 Å². The highest BCUT2D eigenvalue weighted by atomic mass is 35.5. The van der Waals surface area contributed by atoms with Crippen molar-refractivity contribution in [2.24, 2.45) is 0 Å². The van der Waals surface area contributed by atoms with E-state index < -0.39 is 23.9 Å². The van der Waals surface area contributed by atoms with Gasteiger partial charge in [0.15, 0.2) is 0 Å². The van der Waals surface area contributed by atoms with Crippen molar-refractivity contribution in [3.8, 4) is 0 Å². The van der Waals surface area contributed by atoms with Crippen molar-refractivity contribution >= 4 is 47.0 Å². The van der Waals surface area contributed by atoms with Crippen molar-refractivity contribution < 1.29 is 19.1 Å². The topological polar surface area (TPSA) is 87.7 Å². The minimum Gasteiger partial charge on any atom is -0.456 e. The zero-order valence-electron chi connectivity index (χ0n) is 16.9. The number of carbonyl (C=O) groups is 3. The van der Waals surface area contributed by atoms with Crippen LogP contribution in [-0.2, 0) is 14.3 Å². The molecule has 160 valence electrons. The van der Waals surface area contributed by atoms with Gasteiger partial charge < -0.3 is 15.4 Å². The van der Waals surface area contributed by atoms with Crippen LogP contribution in [0.4, 0.5) is 10.5 Å². The molecule has 9 heteroatoms. The van der Waals surface area contributed by atoms with Crippen LogP contribution in [0.2, 0.25) is 5.02 Å². The Morgan fingerprint density at radius 1 is 1.26 bits per heavy atom. The van der Waals surface area contributed by atoms with Crippen molar-refractivity contribution in [2.75, 3.05) is 24.7 Å². The zero-order chi connectivity index (χ0) is 22.1. The van der Waals surface area contributed by atoms with Crippen molar-refractivity contribution in [3.05, 3.63) is 69.9 Å². The number of rotatable bonds is 5. The van der Waals surface area contributed by atoms with E-state index in [-0.39, 0.29) is 13.2 Å². The molecular weight excluding hydrogens is 438 g/mol. The maximum Gasteiger partial charge on any atom is 0.338 e. The first-order valence-corrected chi connectivity index (χ1v) is 11.2. The Morgan fingerprint density at radius 2 is 2.00 bits per heavy atom. The molecule has 3 amide bonds. The van der Waals surface area contributed by atoms with Crippen LogP contribution in [0.5, 0.6) is 0 Å². The fraction of sp³-hybridized carbons (Fsp3) is 0.227. The molecular formula is C22H20ClN3O4S. The second-order valence-electron chi connectivity index (χ2n) is 7.19. The molecule has 0 unspecified atom stereocenters. The number of urea groups is 1. The van der Waals surface area contributed by atoms with E-state index in [1.54, 1.807) is 30.0 Å². The van der Waals surface area contributed by atoms with E-state index in [9.17, 15) is 14.4 Å². The van der Waals surface area contributed by atoms with E-state index in [0.717, 1.165) is 16.0 Å². The van der Waals surface area contributed by atoms with Gasteiger partial charge in [0, 0.05) is 15.6 Å². The van der Waals surface area contributed by atoms with Gasteiger partial charge in [-0.2, -0.15) is 0 Å². The minimum atomic E-state index is -0.622.